The van der Waals surface area contributed by atoms with E-state index >= 15 is 0 Å². The summed E-state index contributed by atoms with van der Waals surface area (Å²) in [5.41, 5.74) is 0. The van der Waals surface area contributed by atoms with E-state index in [1.54, 1.807) is 0 Å². The molecule has 0 radical (unpaired) electrons. The molecule has 0 amide bonds. The Balaban J connectivity index is 0. The first kappa shape index (κ1) is 53.2. The molecule has 0 aromatic heterocycles. The number of rotatable bonds is 43. The maximum atomic E-state index is 11.3. The zero-order valence-electron chi connectivity index (χ0n) is 35.3. The number of hydrogen-bond acceptors (Lipinski definition) is 3. The minimum Gasteiger partial charge on any atom is -0.550 e. The Bertz CT molecular complexity index is 587. The molecule has 0 aliphatic heterocycles. The SMILES string of the molecule is CCCCCCCCCCCCCCCCCCCCCN(CCCCCCCCCCCCCCCCCCCCC)C(C)CC(=O)[O-].[K+]. The molecule has 0 fully saturated rings. The van der Waals surface area contributed by atoms with Gasteiger partial charge < -0.3 is 14.8 Å². The van der Waals surface area contributed by atoms with Gasteiger partial charge in [0.25, 0.3) is 0 Å². The minimum atomic E-state index is -0.904. The molecular weight excluding hydrogens is 638 g/mol. The van der Waals surface area contributed by atoms with E-state index in [1.165, 1.54) is 244 Å². The third-order valence-electron chi connectivity index (χ3n) is 11.2. The molecule has 0 bridgehead atoms. The molecular formula is C46H92KNO2. The smallest absolute Gasteiger partial charge is 0.550 e. The van der Waals surface area contributed by atoms with Crippen LogP contribution in [0.3, 0.4) is 0 Å². The first-order valence-electron chi connectivity index (χ1n) is 23.1. The topological polar surface area (TPSA) is 43.4 Å². The third kappa shape index (κ3) is 43.5. The predicted molar refractivity (Wildman–Crippen MR) is 217 cm³/mol. The van der Waals surface area contributed by atoms with Crippen LogP contribution in [0.15, 0.2) is 0 Å². The summed E-state index contributed by atoms with van der Waals surface area (Å²) in [7, 11) is 0. The molecule has 0 aliphatic carbocycles. The van der Waals surface area contributed by atoms with Crippen molar-refractivity contribution in [2.24, 2.45) is 0 Å². The number of hydrogen-bond donors (Lipinski definition) is 0. The number of carbonyl (C=O) groups is 1. The standard InChI is InChI=1S/C46H93NO2.K/c1-4-6-8-10-12-14-16-18-20-22-24-26-28-30-32-34-36-38-40-42-47(45(3)44-46(48)49)43-41-39-37-35-33-31-29-27-25-23-21-19-17-15-13-11-9-7-5-2;/h45H,4-44H2,1-3H3,(H,48,49);/q;+1/p-1. The van der Waals surface area contributed by atoms with Gasteiger partial charge in [-0.1, -0.05) is 245 Å². The van der Waals surface area contributed by atoms with E-state index in [0.717, 1.165) is 13.1 Å². The molecule has 0 aromatic carbocycles. The molecule has 4 heteroatoms. The van der Waals surface area contributed by atoms with Gasteiger partial charge in [0.15, 0.2) is 0 Å². The summed E-state index contributed by atoms with van der Waals surface area (Å²) in [4.78, 5) is 13.7. The van der Waals surface area contributed by atoms with E-state index in [1.807, 2.05) is 0 Å². The molecule has 0 spiro atoms. The van der Waals surface area contributed by atoms with Crippen molar-refractivity contribution in [1.29, 1.82) is 0 Å². The minimum absolute atomic E-state index is 0. The molecule has 1 unspecified atom stereocenters. The van der Waals surface area contributed by atoms with E-state index in [2.05, 4.69) is 25.7 Å². The molecule has 0 saturated carbocycles. The summed E-state index contributed by atoms with van der Waals surface area (Å²) in [6, 6.07) is 0.0936. The summed E-state index contributed by atoms with van der Waals surface area (Å²) in [6.45, 7) is 8.78. The van der Waals surface area contributed by atoms with Crippen LogP contribution >= 0.6 is 0 Å². The van der Waals surface area contributed by atoms with Crippen molar-refractivity contribution < 1.29 is 61.3 Å². The van der Waals surface area contributed by atoms with Crippen molar-refractivity contribution >= 4 is 5.97 Å². The van der Waals surface area contributed by atoms with Gasteiger partial charge in [0.2, 0.25) is 0 Å². The van der Waals surface area contributed by atoms with E-state index in [-0.39, 0.29) is 63.8 Å². The fourth-order valence-corrected chi connectivity index (χ4v) is 7.71. The van der Waals surface area contributed by atoms with E-state index in [9.17, 15) is 9.90 Å². The van der Waals surface area contributed by atoms with Gasteiger partial charge >= 0.3 is 51.4 Å². The predicted octanol–water partition coefficient (Wildman–Crippen LogP) is 11.7. The second-order valence-electron chi connectivity index (χ2n) is 16.2. The van der Waals surface area contributed by atoms with Crippen LogP contribution in [0.1, 0.15) is 271 Å². The summed E-state index contributed by atoms with van der Waals surface area (Å²) < 4.78 is 0. The van der Waals surface area contributed by atoms with Crippen molar-refractivity contribution in [2.45, 2.75) is 277 Å². The Morgan fingerprint density at radius 1 is 0.380 bits per heavy atom. The molecule has 0 rings (SSSR count). The van der Waals surface area contributed by atoms with Gasteiger partial charge in [-0.05, 0) is 32.9 Å². The summed E-state index contributed by atoms with van der Waals surface area (Å²) in [5, 5.41) is 11.3. The van der Waals surface area contributed by atoms with E-state index in [0.29, 0.717) is 0 Å². The largest absolute Gasteiger partial charge is 1.00 e. The van der Waals surface area contributed by atoms with Gasteiger partial charge in [-0.2, -0.15) is 0 Å². The van der Waals surface area contributed by atoms with Crippen LogP contribution in [-0.4, -0.2) is 30.0 Å². The van der Waals surface area contributed by atoms with E-state index < -0.39 is 5.97 Å². The van der Waals surface area contributed by atoms with Crippen molar-refractivity contribution in [3.63, 3.8) is 0 Å². The van der Waals surface area contributed by atoms with Crippen LogP contribution < -0.4 is 56.5 Å². The number of aliphatic carboxylic acids is 1. The number of carboxylic acids is 1. The van der Waals surface area contributed by atoms with Gasteiger partial charge in [-0.15, -0.1) is 0 Å². The van der Waals surface area contributed by atoms with Gasteiger partial charge in [0, 0.05) is 18.4 Å². The maximum Gasteiger partial charge on any atom is 1.00 e. The Labute approximate surface area is 359 Å². The van der Waals surface area contributed by atoms with Gasteiger partial charge in [-0.3, -0.25) is 0 Å². The van der Waals surface area contributed by atoms with Crippen LogP contribution in [-0.2, 0) is 4.79 Å². The summed E-state index contributed by atoms with van der Waals surface area (Å²) >= 11 is 0. The molecule has 0 aromatic rings. The Morgan fingerprint density at radius 2 is 0.560 bits per heavy atom. The van der Waals surface area contributed by atoms with Gasteiger partial charge in [-0.25, -0.2) is 0 Å². The molecule has 50 heavy (non-hydrogen) atoms. The fourth-order valence-electron chi connectivity index (χ4n) is 7.71. The van der Waals surface area contributed by atoms with Crippen molar-refractivity contribution in [3.05, 3.63) is 0 Å². The van der Waals surface area contributed by atoms with Crippen LogP contribution in [0.5, 0.6) is 0 Å². The number of carboxylic acid groups (broad SMARTS) is 1. The zero-order valence-corrected chi connectivity index (χ0v) is 38.5. The molecule has 3 nitrogen and oxygen atoms in total. The molecule has 0 aliphatic rings. The van der Waals surface area contributed by atoms with Crippen molar-refractivity contribution in [1.82, 2.24) is 4.90 Å². The van der Waals surface area contributed by atoms with Crippen LogP contribution in [0.2, 0.25) is 0 Å². The Hall–Kier alpha value is 1.07. The first-order valence-corrected chi connectivity index (χ1v) is 23.1. The van der Waals surface area contributed by atoms with Crippen molar-refractivity contribution in [3.8, 4) is 0 Å². The van der Waals surface area contributed by atoms with Crippen LogP contribution in [0.25, 0.3) is 0 Å². The van der Waals surface area contributed by atoms with Crippen LogP contribution in [0, 0.1) is 0 Å². The Morgan fingerprint density at radius 3 is 0.740 bits per heavy atom. The maximum absolute atomic E-state index is 11.3. The fraction of sp³-hybridized carbons (Fsp3) is 0.978. The normalized spacial score (nSPS) is 12.1. The zero-order chi connectivity index (χ0) is 35.7. The number of carbonyl (C=O) groups excluding carboxylic acids is 1. The van der Waals surface area contributed by atoms with Gasteiger partial charge in [0.1, 0.15) is 0 Å². The quantitative estimate of drug-likeness (QED) is 0.0464. The molecule has 0 saturated heterocycles. The molecule has 294 valence electrons. The second-order valence-corrected chi connectivity index (χ2v) is 16.2. The van der Waals surface area contributed by atoms with E-state index in [4.69, 9.17) is 0 Å². The second kappa shape index (κ2) is 46.2. The average Bonchev–Trinajstić information content (AvgIpc) is 3.09. The third-order valence-corrected chi connectivity index (χ3v) is 11.2. The first-order chi connectivity index (χ1) is 24.1. The summed E-state index contributed by atoms with van der Waals surface area (Å²) in [6.07, 6.45) is 53.5. The average molecular weight is 730 g/mol. The van der Waals surface area contributed by atoms with Crippen LogP contribution in [0.4, 0.5) is 0 Å². The number of unbranched alkanes of at least 4 members (excludes halogenated alkanes) is 36. The number of nitrogens with zero attached hydrogens (tertiary/aromatic N) is 1. The molecule has 0 N–H and O–H groups in total. The monoisotopic (exact) mass is 730 g/mol. The molecule has 0 heterocycles. The molecule has 1 atom stereocenters. The van der Waals surface area contributed by atoms with Gasteiger partial charge in [0.05, 0.1) is 0 Å². The van der Waals surface area contributed by atoms with Crippen molar-refractivity contribution in [2.75, 3.05) is 13.1 Å². The summed E-state index contributed by atoms with van der Waals surface area (Å²) in [5.74, 6) is -0.904. The Kier molecular flexibility index (Phi) is 49.2.